The summed E-state index contributed by atoms with van der Waals surface area (Å²) in [6.07, 6.45) is 73.2. The highest BCUT2D eigenvalue weighted by molar-refractivity contribution is 5.71. The van der Waals surface area contributed by atoms with Crippen LogP contribution in [0.5, 0.6) is 0 Å². The number of carbonyl (C=O) groups is 3. The van der Waals surface area contributed by atoms with Gasteiger partial charge in [0.2, 0.25) is 0 Å². The zero-order valence-electron chi connectivity index (χ0n) is 45.6. The molecule has 0 aliphatic heterocycles. The van der Waals surface area contributed by atoms with E-state index in [9.17, 15) is 14.4 Å². The summed E-state index contributed by atoms with van der Waals surface area (Å²) in [5.41, 5.74) is 0. The first-order valence-corrected chi connectivity index (χ1v) is 29.4. The van der Waals surface area contributed by atoms with Gasteiger partial charge in [-0.25, -0.2) is 0 Å². The topological polar surface area (TPSA) is 78.9 Å². The second-order valence-electron chi connectivity index (χ2n) is 19.5. The zero-order valence-corrected chi connectivity index (χ0v) is 45.6. The van der Waals surface area contributed by atoms with E-state index < -0.39 is 6.10 Å². The lowest BCUT2D eigenvalue weighted by atomic mass is 10.1. The molecule has 0 aromatic carbocycles. The van der Waals surface area contributed by atoms with Gasteiger partial charge in [-0.05, 0) is 109 Å². The summed E-state index contributed by atoms with van der Waals surface area (Å²) in [6.45, 7) is 6.57. The third-order valence-electron chi connectivity index (χ3n) is 12.7. The Morgan fingerprint density at radius 2 is 0.536 bits per heavy atom. The Hall–Kier alpha value is -3.15. The first-order chi connectivity index (χ1) is 34.0. The molecule has 0 heterocycles. The van der Waals surface area contributed by atoms with E-state index in [1.54, 1.807) is 0 Å². The molecule has 0 fully saturated rings. The van der Waals surface area contributed by atoms with E-state index in [0.717, 1.165) is 77.0 Å². The number of ether oxygens (including phenoxy) is 3. The second kappa shape index (κ2) is 57.4. The van der Waals surface area contributed by atoms with E-state index in [-0.39, 0.29) is 37.5 Å². The largest absolute Gasteiger partial charge is 0.462 e. The molecule has 0 N–H and O–H groups in total. The minimum absolute atomic E-state index is 0.0959. The van der Waals surface area contributed by atoms with Gasteiger partial charge in [0.05, 0.1) is 0 Å². The van der Waals surface area contributed by atoms with Crippen molar-refractivity contribution in [3.05, 3.63) is 72.9 Å². The Labute approximate surface area is 427 Å². The van der Waals surface area contributed by atoms with Gasteiger partial charge in [-0.3, -0.25) is 14.4 Å². The van der Waals surface area contributed by atoms with Crippen LogP contribution >= 0.6 is 0 Å². The van der Waals surface area contributed by atoms with Crippen molar-refractivity contribution in [3.8, 4) is 0 Å². The Bertz CT molecular complexity index is 1290. The van der Waals surface area contributed by atoms with Crippen LogP contribution in [0.15, 0.2) is 72.9 Å². The average Bonchev–Trinajstić information content (AvgIpc) is 3.35. The van der Waals surface area contributed by atoms with Gasteiger partial charge in [-0.1, -0.05) is 235 Å². The van der Waals surface area contributed by atoms with Crippen molar-refractivity contribution in [2.75, 3.05) is 13.2 Å². The highest BCUT2D eigenvalue weighted by atomic mass is 16.6. The minimum atomic E-state index is -0.803. The van der Waals surface area contributed by atoms with Crippen LogP contribution < -0.4 is 0 Å². The van der Waals surface area contributed by atoms with Crippen molar-refractivity contribution < 1.29 is 28.6 Å². The summed E-state index contributed by atoms with van der Waals surface area (Å²) < 4.78 is 16.8. The number of allylic oxidation sites excluding steroid dienone is 12. The van der Waals surface area contributed by atoms with Crippen molar-refractivity contribution in [2.45, 2.75) is 297 Å². The van der Waals surface area contributed by atoms with Crippen LogP contribution in [0.4, 0.5) is 0 Å². The monoisotopic (exact) mass is 963 g/mol. The fourth-order valence-corrected chi connectivity index (χ4v) is 8.19. The molecule has 1 atom stereocenters. The van der Waals surface area contributed by atoms with Crippen LogP contribution in [-0.4, -0.2) is 37.2 Å². The number of esters is 3. The average molecular weight is 964 g/mol. The molecule has 0 amide bonds. The molecule has 69 heavy (non-hydrogen) atoms. The van der Waals surface area contributed by atoms with E-state index in [0.29, 0.717) is 19.3 Å². The SMILES string of the molecule is CCCCC/C=C\C/C=C\C/C=C\C/C=C\CCCC(=O)OC[C@H](COC(=O)CCCCCCCCCCC/C=C\CCCCCCCC)OC(=O)CCCCCCC/C=C\CCCCCCCC. The summed E-state index contributed by atoms with van der Waals surface area (Å²) in [7, 11) is 0. The van der Waals surface area contributed by atoms with Gasteiger partial charge in [0.15, 0.2) is 6.10 Å². The summed E-state index contributed by atoms with van der Waals surface area (Å²) in [4.78, 5) is 38.2. The molecule has 0 rings (SSSR count). The maximum absolute atomic E-state index is 12.9. The fourth-order valence-electron chi connectivity index (χ4n) is 8.19. The van der Waals surface area contributed by atoms with E-state index in [2.05, 4.69) is 93.7 Å². The standard InChI is InChI=1S/C63H110O6/c1-4-7-10-13-16-19-22-25-28-30-31-33-36-38-41-44-47-50-53-56-62(65)68-59-60(69-63(66)57-54-51-48-45-42-39-34-27-24-21-18-15-12-9-6-3)58-67-61(64)55-52-49-46-43-40-37-35-32-29-26-23-20-17-14-11-8-5-2/h17,20,25-29,34-35,37,43,46,60H,4-16,18-19,21-24,30-33,36,38-42,44-45,47-59H2,1-3H3/b20-17-,28-25-,29-26-,34-27-,37-35-,46-43-/t60-/m1/s1. The van der Waals surface area contributed by atoms with Gasteiger partial charge in [0.1, 0.15) is 13.2 Å². The summed E-state index contributed by atoms with van der Waals surface area (Å²) in [5.74, 6) is -0.956. The van der Waals surface area contributed by atoms with Crippen LogP contribution in [0, 0.1) is 0 Å². The molecule has 0 aromatic rings. The van der Waals surface area contributed by atoms with Gasteiger partial charge in [0.25, 0.3) is 0 Å². The lowest BCUT2D eigenvalue weighted by Crippen LogP contribution is -2.30. The van der Waals surface area contributed by atoms with Crippen LogP contribution in [0.2, 0.25) is 0 Å². The molecule has 0 saturated heterocycles. The normalized spacial score (nSPS) is 12.6. The predicted octanol–water partition coefficient (Wildman–Crippen LogP) is 19.8. The molecule has 6 nitrogen and oxygen atoms in total. The smallest absolute Gasteiger partial charge is 0.306 e. The van der Waals surface area contributed by atoms with Crippen LogP contribution in [0.1, 0.15) is 290 Å². The Balaban J connectivity index is 4.45. The fraction of sp³-hybridized carbons (Fsp3) is 0.762. The van der Waals surface area contributed by atoms with E-state index in [4.69, 9.17) is 14.2 Å². The molecular formula is C63H110O6. The maximum Gasteiger partial charge on any atom is 0.306 e. The zero-order chi connectivity index (χ0) is 50.0. The van der Waals surface area contributed by atoms with Gasteiger partial charge >= 0.3 is 17.9 Å². The van der Waals surface area contributed by atoms with Gasteiger partial charge in [-0.2, -0.15) is 0 Å². The molecule has 0 aliphatic rings. The van der Waals surface area contributed by atoms with E-state index in [1.165, 1.54) is 167 Å². The quantitative estimate of drug-likeness (QED) is 0.0262. The first-order valence-electron chi connectivity index (χ1n) is 29.4. The predicted molar refractivity (Wildman–Crippen MR) is 298 cm³/mol. The summed E-state index contributed by atoms with van der Waals surface area (Å²) in [6, 6.07) is 0. The molecule has 6 heteroatoms. The molecule has 0 radical (unpaired) electrons. The van der Waals surface area contributed by atoms with Crippen LogP contribution in [0.3, 0.4) is 0 Å². The highest BCUT2D eigenvalue weighted by Gasteiger charge is 2.19. The maximum atomic E-state index is 12.9. The van der Waals surface area contributed by atoms with Crippen LogP contribution in [0.25, 0.3) is 0 Å². The third kappa shape index (κ3) is 55.6. The van der Waals surface area contributed by atoms with Crippen molar-refractivity contribution in [3.63, 3.8) is 0 Å². The molecule has 0 saturated carbocycles. The number of rotatable bonds is 53. The molecule has 398 valence electrons. The Morgan fingerprint density at radius 1 is 0.290 bits per heavy atom. The highest BCUT2D eigenvalue weighted by Crippen LogP contribution is 2.15. The van der Waals surface area contributed by atoms with Crippen molar-refractivity contribution in [1.82, 2.24) is 0 Å². The van der Waals surface area contributed by atoms with Crippen molar-refractivity contribution in [2.24, 2.45) is 0 Å². The third-order valence-corrected chi connectivity index (χ3v) is 12.7. The lowest BCUT2D eigenvalue weighted by Gasteiger charge is -2.18. The summed E-state index contributed by atoms with van der Waals surface area (Å²) in [5, 5.41) is 0. The summed E-state index contributed by atoms with van der Waals surface area (Å²) >= 11 is 0. The minimum Gasteiger partial charge on any atom is -0.462 e. The molecular weight excluding hydrogens is 853 g/mol. The van der Waals surface area contributed by atoms with Gasteiger partial charge in [0, 0.05) is 19.3 Å². The molecule has 0 unspecified atom stereocenters. The van der Waals surface area contributed by atoms with E-state index in [1.807, 2.05) is 0 Å². The molecule has 0 bridgehead atoms. The number of hydrogen-bond donors (Lipinski definition) is 0. The first kappa shape index (κ1) is 65.8. The Kier molecular flexibility index (Phi) is 54.8. The van der Waals surface area contributed by atoms with E-state index >= 15 is 0 Å². The van der Waals surface area contributed by atoms with Crippen LogP contribution in [-0.2, 0) is 28.6 Å². The van der Waals surface area contributed by atoms with Gasteiger partial charge in [-0.15, -0.1) is 0 Å². The Morgan fingerprint density at radius 3 is 0.913 bits per heavy atom. The van der Waals surface area contributed by atoms with Crippen molar-refractivity contribution >= 4 is 17.9 Å². The van der Waals surface area contributed by atoms with Crippen molar-refractivity contribution in [1.29, 1.82) is 0 Å². The number of unbranched alkanes of at least 4 members (excludes halogenated alkanes) is 30. The lowest BCUT2D eigenvalue weighted by molar-refractivity contribution is -0.167. The molecule has 0 aromatic heterocycles. The second-order valence-corrected chi connectivity index (χ2v) is 19.5. The number of hydrogen-bond acceptors (Lipinski definition) is 6. The van der Waals surface area contributed by atoms with Gasteiger partial charge < -0.3 is 14.2 Å². The molecule has 0 aliphatic carbocycles. The number of carbonyl (C=O) groups excluding carboxylic acids is 3. The molecule has 0 spiro atoms.